The van der Waals surface area contributed by atoms with Crippen LogP contribution in [0.1, 0.15) is 16.7 Å². The first-order chi connectivity index (χ1) is 12.9. The Hall–Kier alpha value is -1.75. The second-order valence-electron chi connectivity index (χ2n) is 6.94. The molecule has 0 saturated carbocycles. The quantitative estimate of drug-likeness (QED) is 0.740. The Morgan fingerprint density at radius 3 is 2.30 bits per heavy atom. The van der Waals surface area contributed by atoms with Crippen molar-refractivity contribution in [3.8, 4) is 5.75 Å². The molecule has 3 rings (SSSR count). The Morgan fingerprint density at radius 2 is 1.63 bits per heavy atom. The average molecular weight is 407 g/mol. The summed E-state index contributed by atoms with van der Waals surface area (Å²) in [5.74, 6) is 0.560. The minimum absolute atomic E-state index is 0.00422. The Morgan fingerprint density at radius 1 is 1.00 bits per heavy atom. The van der Waals surface area contributed by atoms with Gasteiger partial charge in [0.15, 0.2) is 6.61 Å². The van der Waals surface area contributed by atoms with Gasteiger partial charge in [0, 0.05) is 37.7 Å². The van der Waals surface area contributed by atoms with E-state index in [1.54, 1.807) is 0 Å². The number of amides is 1. The Labute approximate surface area is 170 Å². The standard InChI is InChI=1S/C21H24Cl2N2O2/c1-15-11-19(23)20(12-16(15)2)27-14-21(26)25-9-7-24(8-10-25)13-17-3-5-18(22)6-4-17/h3-6,11-12H,7-10,13-14H2,1-2H3. The maximum Gasteiger partial charge on any atom is 0.260 e. The van der Waals surface area contributed by atoms with Crippen LogP contribution in [0.25, 0.3) is 0 Å². The fourth-order valence-corrected chi connectivity index (χ4v) is 3.50. The van der Waals surface area contributed by atoms with Crippen LogP contribution in [0, 0.1) is 13.8 Å². The summed E-state index contributed by atoms with van der Waals surface area (Å²) in [6.07, 6.45) is 0. The molecule has 1 heterocycles. The molecule has 2 aromatic rings. The van der Waals surface area contributed by atoms with Gasteiger partial charge in [-0.3, -0.25) is 9.69 Å². The smallest absolute Gasteiger partial charge is 0.260 e. The van der Waals surface area contributed by atoms with Crippen LogP contribution in [0.3, 0.4) is 0 Å². The first-order valence-corrected chi connectivity index (χ1v) is 9.82. The number of nitrogens with zero attached hydrogens (tertiary/aromatic N) is 2. The van der Waals surface area contributed by atoms with E-state index in [0.717, 1.165) is 35.8 Å². The monoisotopic (exact) mass is 406 g/mol. The Bertz CT molecular complexity index is 801. The molecular weight excluding hydrogens is 383 g/mol. The molecule has 1 aliphatic rings. The molecule has 0 atom stereocenters. The van der Waals surface area contributed by atoms with Crippen LogP contribution in [0.4, 0.5) is 0 Å². The van der Waals surface area contributed by atoms with Crippen LogP contribution in [0.15, 0.2) is 36.4 Å². The Balaban J connectivity index is 1.47. The number of carbonyl (C=O) groups is 1. The van der Waals surface area contributed by atoms with E-state index in [1.165, 1.54) is 5.56 Å². The zero-order chi connectivity index (χ0) is 19.4. The highest BCUT2D eigenvalue weighted by atomic mass is 35.5. The molecule has 1 amide bonds. The molecule has 27 heavy (non-hydrogen) atoms. The van der Waals surface area contributed by atoms with Gasteiger partial charge in [0.05, 0.1) is 5.02 Å². The summed E-state index contributed by atoms with van der Waals surface area (Å²) in [7, 11) is 0. The van der Waals surface area contributed by atoms with Gasteiger partial charge in [-0.1, -0.05) is 35.3 Å². The van der Waals surface area contributed by atoms with Gasteiger partial charge in [-0.15, -0.1) is 0 Å². The molecular formula is C21H24Cl2N2O2. The molecule has 1 saturated heterocycles. The van der Waals surface area contributed by atoms with Crippen molar-refractivity contribution in [1.82, 2.24) is 9.80 Å². The molecule has 144 valence electrons. The predicted molar refractivity (Wildman–Crippen MR) is 110 cm³/mol. The number of ether oxygens (including phenoxy) is 1. The van der Waals surface area contributed by atoms with Crippen LogP contribution in [-0.4, -0.2) is 48.5 Å². The molecule has 0 radical (unpaired) electrons. The van der Waals surface area contributed by atoms with Gasteiger partial charge in [-0.05, 0) is 54.8 Å². The summed E-state index contributed by atoms with van der Waals surface area (Å²) in [5.41, 5.74) is 3.43. The van der Waals surface area contributed by atoms with E-state index in [0.29, 0.717) is 23.9 Å². The van der Waals surface area contributed by atoms with Crippen molar-refractivity contribution >= 4 is 29.1 Å². The van der Waals surface area contributed by atoms with E-state index in [9.17, 15) is 4.79 Å². The van der Waals surface area contributed by atoms with Crippen molar-refractivity contribution < 1.29 is 9.53 Å². The van der Waals surface area contributed by atoms with Gasteiger partial charge in [-0.25, -0.2) is 0 Å². The van der Waals surface area contributed by atoms with Gasteiger partial charge in [0.1, 0.15) is 5.75 Å². The van der Waals surface area contributed by atoms with Crippen molar-refractivity contribution in [3.05, 3.63) is 63.1 Å². The third kappa shape index (κ3) is 5.38. The average Bonchev–Trinajstić information content (AvgIpc) is 2.66. The van der Waals surface area contributed by atoms with Crippen LogP contribution < -0.4 is 4.74 Å². The summed E-state index contributed by atoms with van der Waals surface area (Å²) < 4.78 is 5.67. The molecule has 1 aliphatic heterocycles. The zero-order valence-electron chi connectivity index (χ0n) is 15.7. The van der Waals surface area contributed by atoms with Gasteiger partial charge >= 0.3 is 0 Å². The second kappa shape index (κ2) is 8.96. The zero-order valence-corrected chi connectivity index (χ0v) is 17.2. The summed E-state index contributed by atoms with van der Waals surface area (Å²) in [4.78, 5) is 16.7. The van der Waals surface area contributed by atoms with Crippen LogP contribution in [-0.2, 0) is 11.3 Å². The first-order valence-electron chi connectivity index (χ1n) is 9.06. The van der Waals surface area contributed by atoms with Crippen molar-refractivity contribution in [2.45, 2.75) is 20.4 Å². The summed E-state index contributed by atoms with van der Waals surface area (Å²) in [6.45, 7) is 7.98. The molecule has 1 fully saturated rings. The Kier molecular flexibility index (Phi) is 6.64. The summed E-state index contributed by atoms with van der Waals surface area (Å²) in [6, 6.07) is 11.7. The number of hydrogen-bond donors (Lipinski definition) is 0. The lowest BCUT2D eigenvalue weighted by Gasteiger charge is -2.34. The second-order valence-corrected chi connectivity index (χ2v) is 7.78. The number of benzene rings is 2. The van der Waals surface area contributed by atoms with Crippen molar-refractivity contribution in [3.63, 3.8) is 0 Å². The first kappa shape index (κ1) is 20.0. The third-order valence-corrected chi connectivity index (χ3v) is 5.49. The molecule has 0 N–H and O–H groups in total. The largest absolute Gasteiger partial charge is 0.482 e. The van der Waals surface area contributed by atoms with Crippen LogP contribution in [0.2, 0.25) is 10.0 Å². The van der Waals surface area contributed by atoms with Crippen LogP contribution >= 0.6 is 23.2 Å². The lowest BCUT2D eigenvalue weighted by Crippen LogP contribution is -2.49. The van der Waals surface area contributed by atoms with Crippen molar-refractivity contribution in [2.24, 2.45) is 0 Å². The van der Waals surface area contributed by atoms with Gasteiger partial charge in [-0.2, -0.15) is 0 Å². The van der Waals surface area contributed by atoms with E-state index in [1.807, 2.05) is 55.1 Å². The fraction of sp³-hybridized carbons (Fsp3) is 0.381. The molecule has 0 aromatic heterocycles. The number of carbonyl (C=O) groups excluding carboxylic acids is 1. The van der Waals surface area contributed by atoms with E-state index < -0.39 is 0 Å². The maximum atomic E-state index is 12.5. The summed E-state index contributed by atoms with van der Waals surface area (Å²) >= 11 is 12.1. The number of piperazine rings is 1. The number of rotatable bonds is 5. The summed E-state index contributed by atoms with van der Waals surface area (Å²) in [5, 5.41) is 1.29. The normalized spacial score (nSPS) is 15.0. The molecule has 2 aromatic carbocycles. The van der Waals surface area contributed by atoms with E-state index in [2.05, 4.69) is 4.90 Å². The van der Waals surface area contributed by atoms with Crippen molar-refractivity contribution in [1.29, 1.82) is 0 Å². The number of halogens is 2. The molecule has 0 bridgehead atoms. The van der Waals surface area contributed by atoms with Crippen LogP contribution in [0.5, 0.6) is 5.75 Å². The topological polar surface area (TPSA) is 32.8 Å². The van der Waals surface area contributed by atoms with E-state index in [-0.39, 0.29) is 12.5 Å². The predicted octanol–water partition coefficient (Wildman–Crippen LogP) is 4.33. The van der Waals surface area contributed by atoms with Crippen molar-refractivity contribution in [2.75, 3.05) is 32.8 Å². The molecule has 0 unspecified atom stereocenters. The fourth-order valence-electron chi connectivity index (χ4n) is 3.10. The third-order valence-electron chi connectivity index (χ3n) is 4.94. The maximum absolute atomic E-state index is 12.5. The highest BCUT2D eigenvalue weighted by molar-refractivity contribution is 6.32. The number of aryl methyl sites for hydroxylation is 2. The van der Waals surface area contributed by atoms with E-state index >= 15 is 0 Å². The SMILES string of the molecule is Cc1cc(Cl)c(OCC(=O)N2CCN(Cc3ccc(Cl)cc3)CC2)cc1C. The van der Waals surface area contributed by atoms with E-state index in [4.69, 9.17) is 27.9 Å². The van der Waals surface area contributed by atoms with Gasteiger partial charge in [0.2, 0.25) is 0 Å². The molecule has 0 aliphatic carbocycles. The lowest BCUT2D eigenvalue weighted by atomic mass is 10.1. The van der Waals surface area contributed by atoms with Gasteiger partial charge < -0.3 is 9.64 Å². The molecule has 6 heteroatoms. The minimum Gasteiger partial charge on any atom is -0.482 e. The van der Waals surface area contributed by atoms with Gasteiger partial charge in [0.25, 0.3) is 5.91 Å². The highest BCUT2D eigenvalue weighted by Gasteiger charge is 2.21. The highest BCUT2D eigenvalue weighted by Crippen LogP contribution is 2.27. The minimum atomic E-state index is -0.00422. The lowest BCUT2D eigenvalue weighted by molar-refractivity contribution is -0.135. The molecule has 0 spiro atoms. The molecule has 4 nitrogen and oxygen atoms in total. The number of hydrogen-bond acceptors (Lipinski definition) is 3.